The highest BCUT2D eigenvalue weighted by atomic mass is 16.1. The summed E-state index contributed by atoms with van der Waals surface area (Å²) in [7, 11) is 1.91. The van der Waals surface area contributed by atoms with Gasteiger partial charge >= 0.3 is 0 Å². The molecule has 0 radical (unpaired) electrons. The van der Waals surface area contributed by atoms with E-state index in [1.165, 1.54) is 5.69 Å². The summed E-state index contributed by atoms with van der Waals surface area (Å²) in [5, 5.41) is 12.0. The van der Waals surface area contributed by atoms with Gasteiger partial charge in [0.2, 0.25) is 0 Å². The minimum Gasteiger partial charge on any atom is -0.352 e. The summed E-state index contributed by atoms with van der Waals surface area (Å²) in [6, 6.07) is 13.7. The van der Waals surface area contributed by atoms with Crippen LogP contribution in [0.15, 0.2) is 54.9 Å². The average Bonchev–Trinajstić information content (AvgIpc) is 3.43. The Hall–Kier alpha value is -3.58. The van der Waals surface area contributed by atoms with Crippen molar-refractivity contribution in [1.29, 1.82) is 0 Å². The third-order valence-electron chi connectivity index (χ3n) is 5.91. The molecule has 1 amide bonds. The Balaban J connectivity index is 1.56. The summed E-state index contributed by atoms with van der Waals surface area (Å²) < 4.78 is 2.11. The largest absolute Gasteiger partial charge is 0.352 e. The Morgan fingerprint density at radius 2 is 2.03 bits per heavy atom. The Bertz CT molecular complexity index is 1260. The number of carbonyl (C=O) groups is 1. The van der Waals surface area contributed by atoms with Gasteiger partial charge in [-0.05, 0) is 68.8 Å². The fourth-order valence-corrected chi connectivity index (χ4v) is 4.37. The zero-order chi connectivity index (χ0) is 21.9. The molecule has 0 spiro atoms. The monoisotopic (exact) mass is 426 g/mol. The van der Waals surface area contributed by atoms with E-state index in [4.69, 9.17) is 5.10 Å². The number of rotatable bonds is 7. The molecule has 0 bridgehead atoms. The molecule has 4 aromatic rings. The number of aryl methyl sites for hydroxylation is 1. The molecule has 0 saturated carbocycles. The van der Waals surface area contributed by atoms with Crippen LogP contribution in [0.5, 0.6) is 0 Å². The molecule has 0 unspecified atom stereocenters. The highest BCUT2D eigenvalue weighted by Crippen LogP contribution is 2.39. The van der Waals surface area contributed by atoms with E-state index in [1.807, 2.05) is 55.7 Å². The van der Waals surface area contributed by atoms with Crippen molar-refractivity contribution in [1.82, 2.24) is 30.4 Å². The van der Waals surface area contributed by atoms with Crippen LogP contribution >= 0.6 is 0 Å². The van der Waals surface area contributed by atoms with E-state index in [-0.39, 0.29) is 5.91 Å². The topological polar surface area (TPSA) is 84.7 Å². The molecule has 7 heteroatoms. The Labute approximate surface area is 186 Å². The zero-order valence-corrected chi connectivity index (χ0v) is 18.1. The first-order valence-electron chi connectivity index (χ1n) is 11.1. The number of benzene rings is 1. The summed E-state index contributed by atoms with van der Waals surface area (Å²) >= 11 is 0. The molecule has 4 heterocycles. The number of hydrogen-bond acceptors (Lipinski definition) is 5. The van der Waals surface area contributed by atoms with Crippen molar-refractivity contribution in [2.24, 2.45) is 0 Å². The van der Waals surface area contributed by atoms with Crippen LogP contribution in [0.1, 0.15) is 28.9 Å². The highest BCUT2D eigenvalue weighted by molar-refractivity contribution is 6.03. The van der Waals surface area contributed by atoms with Gasteiger partial charge in [-0.25, -0.2) is 0 Å². The van der Waals surface area contributed by atoms with Crippen LogP contribution < -0.4 is 10.6 Å². The van der Waals surface area contributed by atoms with E-state index < -0.39 is 0 Å². The molecule has 32 heavy (non-hydrogen) atoms. The molecule has 1 aromatic carbocycles. The van der Waals surface area contributed by atoms with E-state index >= 15 is 0 Å². The second-order valence-corrected chi connectivity index (χ2v) is 8.02. The maximum Gasteiger partial charge on any atom is 0.251 e. The predicted molar refractivity (Wildman–Crippen MR) is 125 cm³/mol. The fraction of sp³-hybridized carbons (Fsp3) is 0.280. The van der Waals surface area contributed by atoms with Gasteiger partial charge in [0.15, 0.2) is 0 Å². The molecule has 2 N–H and O–H groups in total. The molecular weight excluding hydrogens is 400 g/mol. The summed E-state index contributed by atoms with van der Waals surface area (Å²) in [5.74, 6) is -0.0733. The van der Waals surface area contributed by atoms with E-state index in [1.54, 1.807) is 6.20 Å². The molecule has 1 aliphatic heterocycles. The van der Waals surface area contributed by atoms with E-state index in [0.717, 1.165) is 65.8 Å². The van der Waals surface area contributed by atoms with Crippen LogP contribution in [0.3, 0.4) is 0 Å². The summed E-state index contributed by atoms with van der Waals surface area (Å²) in [5.41, 5.74) is 6.64. The number of nitrogens with zero attached hydrogens (tertiary/aromatic N) is 4. The van der Waals surface area contributed by atoms with Gasteiger partial charge in [0, 0.05) is 47.7 Å². The van der Waals surface area contributed by atoms with Gasteiger partial charge in [-0.2, -0.15) is 5.10 Å². The van der Waals surface area contributed by atoms with Gasteiger partial charge in [-0.15, -0.1) is 0 Å². The molecule has 7 nitrogen and oxygen atoms in total. The minimum atomic E-state index is -0.0733. The number of hydrogen-bond donors (Lipinski definition) is 2. The summed E-state index contributed by atoms with van der Waals surface area (Å²) in [6.45, 7) is 2.44. The van der Waals surface area contributed by atoms with Crippen LogP contribution in [-0.4, -0.2) is 45.8 Å². The van der Waals surface area contributed by atoms with E-state index in [0.29, 0.717) is 12.1 Å². The van der Waals surface area contributed by atoms with Crippen molar-refractivity contribution >= 4 is 16.8 Å². The summed E-state index contributed by atoms with van der Waals surface area (Å²) in [6.07, 6.45) is 6.59. The zero-order valence-electron chi connectivity index (χ0n) is 18.1. The molecule has 0 fully saturated rings. The van der Waals surface area contributed by atoms with Crippen LogP contribution in [0.2, 0.25) is 0 Å². The summed E-state index contributed by atoms with van der Waals surface area (Å²) in [4.78, 5) is 21.7. The Morgan fingerprint density at radius 1 is 1.09 bits per heavy atom. The lowest BCUT2D eigenvalue weighted by molar-refractivity contribution is 0.0953. The van der Waals surface area contributed by atoms with Gasteiger partial charge < -0.3 is 10.6 Å². The third-order valence-corrected chi connectivity index (χ3v) is 5.91. The lowest BCUT2D eigenvalue weighted by Gasteiger charge is -2.10. The number of carbonyl (C=O) groups excluding carboxylic acids is 1. The van der Waals surface area contributed by atoms with Crippen LogP contribution in [0.25, 0.3) is 33.4 Å². The standard InChI is InChI=1S/C25H26N6O/c1-26-11-5-13-29-25(32)17-8-9-18-19(10-14-28-21(18)16-17)23-22-7-4-15-31(22)30-24(23)20-6-2-3-12-27-20/h2-3,6,8-10,12,14,16,26H,4-5,7,11,13,15H2,1H3,(H,29,32). The first-order valence-corrected chi connectivity index (χ1v) is 11.1. The van der Waals surface area contributed by atoms with Crippen molar-refractivity contribution in [2.75, 3.05) is 20.1 Å². The molecule has 0 atom stereocenters. The van der Waals surface area contributed by atoms with Crippen molar-refractivity contribution < 1.29 is 4.79 Å². The molecular formula is C25H26N6O. The average molecular weight is 427 g/mol. The van der Waals surface area contributed by atoms with Crippen molar-refractivity contribution in [3.8, 4) is 22.5 Å². The lowest BCUT2D eigenvalue weighted by atomic mass is 9.96. The van der Waals surface area contributed by atoms with Crippen molar-refractivity contribution in [3.05, 3.63) is 66.1 Å². The van der Waals surface area contributed by atoms with Gasteiger partial charge in [0.05, 0.1) is 11.2 Å². The number of amides is 1. The number of nitrogens with one attached hydrogen (secondary N) is 2. The quantitative estimate of drug-likeness (QED) is 0.442. The van der Waals surface area contributed by atoms with Crippen LogP contribution in [0, 0.1) is 0 Å². The smallest absolute Gasteiger partial charge is 0.251 e. The first-order chi connectivity index (χ1) is 15.8. The van der Waals surface area contributed by atoms with Crippen LogP contribution in [0.4, 0.5) is 0 Å². The lowest BCUT2D eigenvalue weighted by Crippen LogP contribution is -2.26. The number of fused-ring (bicyclic) bond motifs is 2. The Morgan fingerprint density at radius 3 is 2.88 bits per heavy atom. The maximum absolute atomic E-state index is 12.6. The molecule has 3 aromatic heterocycles. The van der Waals surface area contributed by atoms with Gasteiger partial charge in [0.1, 0.15) is 5.69 Å². The SMILES string of the molecule is CNCCCNC(=O)c1ccc2c(-c3c(-c4ccccn4)nn4c3CCC4)ccnc2c1. The molecule has 0 saturated heterocycles. The Kier molecular flexibility index (Phi) is 5.64. The molecule has 1 aliphatic rings. The number of aromatic nitrogens is 4. The second-order valence-electron chi connectivity index (χ2n) is 8.02. The molecule has 5 rings (SSSR count). The molecule has 162 valence electrons. The van der Waals surface area contributed by atoms with Gasteiger partial charge in [-0.3, -0.25) is 19.4 Å². The van der Waals surface area contributed by atoms with E-state index in [9.17, 15) is 4.79 Å². The highest BCUT2D eigenvalue weighted by Gasteiger charge is 2.25. The fourth-order valence-electron chi connectivity index (χ4n) is 4.37. The minimum absolute atomic E-state index is 0.0733. The van der Waals surface area contributed by atoms with Gasteiger partial charge in [-0.1, -0.05) is 12.1 Å². The normalized spacial score (nSPS) is 12.8. The maximum atomic E-state index is 12.6. The van der Waals surface area contributed by atoms with Crippen LogP contribution in [-0.2, 0) is 13.0 Å². The number of pyridine rings is 2. The van der Waals surface area contributed by atoms with Crippen molar-refractivity contribution in [3.63, 3.8) is 0 Å². The third kappa shape index (κ3) is 3.76. The van der Waals surface area contributed by atoms with Gasteiger partial charge in [0.25, 0.3) is 5.91 Å². The van der Waals surface area contributed by atoms with Crippen molar-refractivity contribution in [2.45, 2.75) is 25.8 Å². The molecule has 0 aliphatic carbocycles. The first kappa shape index (κ1) is 20.3. The predicted octanol–water partition coefficient (Wildman–Crippen LogP) is 3.45. The second kappa shape index (κ2) is 8.88. The van der Waals surface area contributed by atoms with E-state index in [2.05, 4.69) is 25.3 Å².